The van der Waals surface area contributed by atoms with Crippen molar-refractivity contribution in [3.8, 4) is 0 Å². The summed E-state index contributed by atoms with van der Waals surface area (Å²) in [4.78, 5) is 23.7. The lowest BCUT2D eigenvalue weighted by molar-refractivity contribution is -0.132. The molecule has 0 atom stereocenters. The van der Waals surface area contributed by atoms with Crippen LogP contribution in [0, 0.1) is 13.8 Å². The summed E-state index contributed by atoms with van der Waals surface area (Å²) in [5.41, 5.74) is 3.22. The van der Waals surface area contributed by atoms with Crippen LogP contribution in [0.25, 0.3) is 0 Å². The molecule has 0 aliphatic heterocycles. The molecule has 2 aromatic carbocycles. The van der Waals surface area contributed by atoms with Gasteiger partial charge in [-0.1, -0.05) is 28.1 Å². The minimum absolute atomic E-state index is 0.560. The van der Waals surface area contributed by atoms with E-state index < -0.39 is 11.8 Å². The number of carbonyl (C=O) groups excluding carboxylic acids is 2. The number of aryl methyl sites for hydroxylation is 2. The number of carbonyl (C=O) groups is 2. The molecule has 0 spiro atoms. The van der Waals surface area contributed by atoms with Gasteiger partial charge in [-0.2, -0.15) is 0 Å². The summed E-state index contributed by atoms with van der Waals surface area (Å²) in [5.74, 6) is -1.40. The predicted molar refractivity (Wildman–Crippen MR) is 87.3 cm³/mol. The highest BCUT2D eigenvalue weighted by Crippen LogP contribution is 2.16. The van der Waals surface area contributed by atoms with Gasteiger partial charge in [0.2, 0.25) is 0 Å². The van der Waals surface area contributed by atoms with Crippen molar-refractivity contribution in [1.82, 2.24) is 0 Å². The van der Waals surface area contributed by atoms with Gasteiger partial charge in [0.15, 0.2) is 0 Å². The van der Waals surface area contributed by atoms with Gasteiger partial charge in [0.1, 0.15) is 0 Å². The third-order valence-electron chi connectivity index (χ3n) is 2.77. The Morgan fingerprint density at radius 3 is 2.00 bits per heavy atom. The second-order valence-electron chi connectivity index (χ2n) is 4.79. The van der Waals surface area contributed by atoms with Crippen LogP contribution in [0.2, 0.25) is 0 Å². The lowest BCUT2D eigenvalue weighted by atomic mass is 10.1. The fourth-order valence-corrected chi connectivity index (χ4v) is 2.39. The van der Waals surface area contributed by atoms with Crippen molar-refractivity contribution in [2.45, 2.75) is 13.8 Å². The average Bonchev–Trinajstić information content (AvgIpc) is 2.37. The van der Waals surface area contributed by atoms with E-state index >= 15 is 0 Å². The molecule has 2 N–H and O–H groups in total. The topological polar surface area (TPSA) is 58.2 Å². The van der Waals surface area contributed by atoms with Gasteiger partial charge in [-0.05, 0) is 55.3 Å². The van der Waals surface area contributed by atoms with Gasteiger partial charge in [0.25, 0.3) is 0 Å². The standard InChI is InChI=1S/C16H15BrN2O2/c1-10-6-11(2)8-14(7-10)19-16(21)15(20)18-13-5-3-4-12(17)9-13/h3-9H,1-2H3,(H,18,20)(H,19,21). The Hall–Kier alpha value is -2.14. The van der Waals surface area contributed by atoms with Crippen LogP contribution < -0.4 is 10.6 Å². The first-order chi connectivity index (χ1) is 9.94. The van der Waals surface area contributed by atoms with Gasteiger partial charge in [-0.15, -0.1) is 0 Å². The van der Waals surface area contributed by atoms with Crippen molar-refractivity contribution in [2.24, 2.45) is 0 Å². The van der Waals surface area contributed by atoms with E-state index in [-0.39, 0.29) is 0 Å². The van der Waals surface area contributed by atoms with Crippen LogP contribution in [-0.4, -0.2) is 11.8 Å². The summed E-state index contributed by atoms with van der Waals surface area (Å²) < 4.78 is 0.829. The summed E-state index contributed by atoms with van der Waals surface area (Å²) in [7, 11) is 0. The highest BCUT2D eigenvalue weighted by Gasteiger charge is 2.14. The molecule has 0 unspecified atom stereocenters. The molecule has 0 bridgehead atoms. The minimum Gasteiger partial charge on any atom is -0.318 e. The molecule has 0 saturated heterocycles. The first-order valence-corrected chi connectivity index (χ1v) is 7.19. The zero-order valence-electron chi connectivity index (χ0n) is 11.7. The first kappa shape index (κ1) is 15.3. The second kappa shape index (κ2) is 6.54. The third-order valence-corrected chi connectivity index (χ3v) is 3.26. The van der Waals surface area contributed by atoms with E-state index in [1.807, 2.05) is 38.1 Å². The first-order valence-electron chi connectivity index (χ1n) is 6.40. The Bertz CT molecular complexity index is 678. The van der Waals surface area contributed by atoms with Crippen molar-refractivity contribution in [1.29, 1.82) is 0 Å². The largest absolute Gasteiger partial charge is 0.318 e. The number of benzene rings is 2. The number of anilines is 2. The van der Waals surface area contributed by atoms with Crippen molar-refractivity contribution in [3.05, 3.63) is 58.1 Å². The highest BCUT2D eigenvalue weighted by molar-refractivity contribution is 9.10. The molecule has 0 fully saturated rings. The molecule has 4 nitrogen and oxygen atoms in total. The van der Waals surface area contributed by atoms with Crippen molar-refractivity contribution >= 4 is 39.1 Å². The monoisotopic (exact) mass is 346 g/mol. The Labute approximate surface area is 131 Å². The second-order valence-corrected chi connectivity index (χ2v) is 5.71. The van der Waals surface area contributed by atoms with Crippen LogP contribution in [0.3, 0.4) is 0 Å². The molecular weight excluding hydrogens is 332 g/mol. The smallest absolute Gasteiger partial charge is 0.314 e. The molecule has 108 valence electrons. The lowest BCUT2D eigenvalue weighted by Gasteiger charge is -2.08. The van der Waals surface area contributed by atoms with Gasteiger partial charge in [0, 0.05) is 15.8 Å². The highest BCUT2D eigenvalue weighted by atomic mass is 79.9. The van der Waals surface area contributed by atoms with Crippen LogP contribution in [0.1, 0.15) is 11.1 Å². The van der Waals surface area contributed by atoms with E-state index in [9.17, 15) is 9.59 Å². The minimum atomic E-state index is -0.702. The van der Waals surface area contributed by atoms with Gasteiger partial charge in [-0.25, -0.2) is 0 Å². The number of halogens is 1. The van der Waals surface area contributed by atoms with E-state index in [0.29, 0.717) is 11.4 Å². The van der Waals surface area contributed by atoms with E-state index in [2.05, 4.69) is 26.6 Å². The maximum absolute atomic E-state index is 11.9. The van der Waals surface area contributed by atoms with Gasteiger partial charge in [0.05, 0.1) is 0 Å². The fourth-order valence-electron chi connectivity index (χ4n) is 1.99. The summed E-state index contributed by atoms with van der Waals surface area (Å²) in [6.45, 7) is 3.87. The van der Waals surface area contributed by atoms with Gasteiger partial charge >= 0.3 is 11.8 Å². The molecule has 2 aromatic rings. The lowest BCUT2D eigenvalue weighted by Crippen LogP contribution is -2.29. The number of nitrogens with one attached hydrogen (secondary N) is 2. The van der Waals surface area contributed by atoms with Crippen LogP contribution >= 0.6 is 15.9 Å². The van der Waals surface area contributed by atoms with Crippen molar-refractivity contribution in [2.75, 3.05) is 10.6 Å². The molecule has 0 aliphatic carbocycles. The fraction of sp³-hybridized carbons (Fsp3) is 0.125. The average molecular weight is 347 g/mol. The summed E-state index contributed by atoms with van der Waals surface area (Å²) in [5, 5.41) is 5.15. The van der Waals surface area contributed by atoms with E-state index in [1.165, 1.54) is 0 Å². The van der Waals surface area contributed by atoms with E-state index in [0.717, 1.165) is 15.6 Å². The quantitative estimate of drug-likeness (QED) is 0.815. The maximum Gasteiger partial charge on any atom is 0.314 e. The number of hydrogen-bond acceptors (Lipinski definition) is 2. The number of rotatable bonds is 2. The van der Waals surface area contributed by atoms with Crippen LogP contribution in [-0.2, 0) is 9.59 Å². The Morgan fingerprint density at radius 1 is 0.857 bits per heavy atom. The molecule has 0 saturated carbocycles. The van der Waals surface area contributed by atoms with E-state index in [4.69, 9.17) is 0 Å². The third kappa shape index (κ3) is 4.43. The summed E-state index contributed by atoms with van der Waals surface area (Å²) in [6.07, 6.45) is 0. The van der Waals surface area contributed by atoms with Crippen LogP contribution in [0.4, 0.5) is 11.4 Å². The molecule has 0 aromatic heterocycles. The molecule has 21 heavy (non-hydrogen) atoms. The van der Waals surface area contributed by atoms with Gasteiger partial charge < -0.3 is 10.6 Å². The van der Waals surface area contributed by atoms with E-state index in [1.54, 1.807) is 18.2 Å². The molecule has 0 heterocycles. The van der Waals surface area contributed by atoms with Crippen molar-refractivity contribution in [3.63, 3.8) is 0 Å². The van der Waals surface area contributed by atoms with Gasteiger partial charge in [-0.3, -0.25) is 9.59 Å². The molecule has 2 amide bonds. The van der Waals surface area contributed by atoms with Crippen molar-refractivity contribution < 1.29 is 9.59 Å². The molecular formula is C16H15BrN2O2. The summed E-state index contributed by atoms with van der Waals surface area (Å²) in [6, 6.07) is 12.7. The Kier molecular flexibility index (Phi) is 4.75. The zero-order valence-corrected chi connectivity index (χ0v) is 13.3. The Morgan fingerprint density at radius 2 is 1.43 bits per heavy atom. The van der Waals surface area contributed by atoms with Crippen LogP contribution in [0.15, 0.2) is 46.9 Å². The normalized spacial score (nSPS) is 10.0. The molecule has 0 radical (unpaired) electrons. The van der Waals surface area contributed by atoms with Crippen LogP contribution in [0.5, 0.6) is 0 Å². The SMILES string of the molecule is Cc1cc(C)cc(NC(=O)C(=O)Nc2cccc(Br)c2)c1. The Balaban J connectivity index is 2.04. The molecule has 0 aliphatic rings. The molecule has 5 heteroatoms. The molecule has 2 rings (SSSR count). The number of amides is 2. The summed E-state index contributed by atoms with van der Waals surface area (Å²) >= 11 is 3.31. The number of hydrogen-bond donors (Lipinski definition) is 2. The zero-order chi connectivity index (χ0) is 15.4. The maximum atomic E-state index is 11.9. The predicted octanol–water partition coefficient (Wildman–Crippen LogP) is 3.64.